The number of esters is 1. The molecule has 1 aromatic carbocycles. The summed E-state index contributed by atoms with van der Waals surface area (Å²) in [7, 11) is 0. The number of rotatable bonds is 8. The number of nitrogens with two attached hydrogens (primary N) is 1. The van der Waals surface area contributed by atoms with Crippen LogP contribution in [0.2, 0.25) is 5.02 Å². The van der Waals surface area contributed by atoms with E-state index >= 15 is 0 Å². The fourth-order valence-electron chi connectivity index (χ4n) is 2.19. The van der Waals surface area contributed by atoms with Crippen molar-refractivity contribution in [1.82, 2.24) is 15.3 Å². The van der Waals surface area contributed by atoms with Gasteiger partial charge in [0.2, 0.25) is 5.91 Å². The summed E-state index contributed by atoms with van der Waals surface area (Å²) < 4.78 is 4.89. The summed E-state index contributed by atoms with van der Waals surface area (Å²) in [5, 5.41) is 3.39. The Morgan fingerprint density at radius 1 is 1.33 bits per heavy atom. The van der Waals surface area contributed by atoms with Crippen molar-refractivity contribution in [2.75, 3.05) is 12.3 Å². The van der Waals surface area contributed by atoms with E-state index in [2.05, 4.69) is 15.3 Å². The molecule has 2 rings (SSSR count). The number of ether oxygens (including phenoxy) is 1. The monoisotopic (exact) mass is 408 g/mol. The van der Waals surface area contributed by atoms with Crippen molar-refractivity contribution in [1.29, 1.82) is 0 Å². The third-order valence-electron chi connectivity index (χ3n) is 3.61. The summed E-state index contributed by atoms with van der Waals surface area (Å²) in [4.78, 5) is 32.4. The SMILES string of the molecule is CCOC(=O)c1cnc(SC(CC)C(=O)NCc2ccccc2Cl)nc1N. The number of carbonyl (C=O) groups is 2. The number of amides is 1. The molecule has 144 valence electrons. The number of nitrogens with one attached hydrogen (secondary N) is 1. The van der Waals surface area contributed by atoms with Gasteiger partial charge >= 0.3 is 5.97 Å². The molecule has 0 saturated carbocycles. The van der Waals surface area contributed by atoms with Crippen LogP contribution in [0.25, 0.3) is 0 Å². The molecule has 0 bridgehead atoms. The molecule has 1 aromatic heterocycles. The number of carbonyl (C=O) groups excluding carboxylic acids is 2. The predicted octanol–water partition coefficient (Wildman–Crippen LogP) is 3.08. The Hall–Kier alpha value is -2.32. The molecule has 0 aliphatic rings. The lowest BCUT2D eigenvalue weighted by Gasteiger charge is -2.14. The summed E-state index contributed by atoms with van der Waals surface area (Å²) in [6.07, 6.45) is 1.89. The van der Waals surface area contributed by atoms with E-state index in [4.69, 9.17) is 22.1 Å². The van der Waals surface area contributed by atoms with Crippen LogP contribution < -0.4 is 11.1 Å². The van der Waals surface area contributed by atoms with Crippen molar-refractivity contribution >= 4 is 41.1 Å². The van der Waals surface area contributed by atoms with Gasteiger partial charge in [0.25, 0.3) is 0 Å². The lowest BCUT2D eigenvalue weighted by molar-refractivity contribution is -0.120. The zero-order valence-electron chi connectivity index (χ0n) is 15.1. The van der Waals surface area contributed by atoms with E-state index < -0.39 is 11.2 Å². The first kappa shape index (κ1) is 21.0. The van der Waals surface area contributed by atoms with Crippen molar-refractivity contribution in [3.05, 3.63) is 46.6 Å². The Balaban J connectivity index is 2.01. The van der Waals surface area contributed by atoms with Crippen LogP contribution in [0.4, 0.5) is 5.82 Å². The third-order valence-corrected chi connectivity index (χ3v) is 5.22. The molecular weight excluding hydrogens is 388 g/mol. The zero-order chi connectivity index (χ0) is 19.8. The highest BCUT2D eigenvalue weighted by Crippen LogP contribution is 2.24. The van der Waals surface area contributed by atoms with Crippen molar-refractivity contribution in [3.63, 3.8) is 0 Å². The molecule has 0 fully saturated rings. The van der Waals surface area contributed by atoms with Gasteiger partial charge in [-0.05, 0) is 25.0 Å². The van der Waals surface area contributed by atoms with Gasteiger partial charge in [0.05, 0.1) is 11.9 Å². The van der Waals surface area contributed by atoms with Crippen LogP contribution in [0.5, 0.6) is 0 Å². The van der Waals surface area contributed by atoms with Crippen LogP contribution >= 0.6 is 23.4 Å². The number of halogens is 1. The summed E-state index contributed by atoms with van der Waals surface area (Å²) in [6, 6.07) is 7.33. The highest BCUT2D eigenvalue weighted by atomic mass is 35.5. The van der Waals surface area contributed by atoms with Crippen molar-refractivity contribution in [2.24, 2.45) is 0 Å². The van der Waals surface area contributed by atoms with Crippen LogP contribution in [0.1, 0.15) is 36.2 Å². The van der Waals surface area contributed by atoms with Gasteiger partial charge < -0.3 is 15.8 Å². The van der Waals surface area contributed by atoms with Crippen molar-refractivity contribution in [3.8, 4) is 0 Å². The Morgan fingerprint density at radius 2 is 2.07 bits per heavy atom. The largest absolute Gasteiger partial charge is 0.462 e. The van der Waals surface area contributed by atoms with Gasteiger partial charge in [-0.15, -0.1) is 0 Å². The highest BCUT2D eigenvalue weighted by Gasteiger charge is 2.21. The molecule has 9 heteroatoms. The molecule has 1 amide bonds. The van der Waals surface area contributed by atoms with Gasteiger partial charge in [0.1, 0.15) is 11.4 Å². The summed E-state index contributed by atoms with van der Waals surface area (Å²) >= 11 is 7.29. The minimum atomic E-state index is -0.573. The summed E-state index contributed by atoms with van der Waals surface area (Å²) in [5.41, 5.74) is 6.76. The molecule has 3 N–H and O–H groups in total. The van der Waals surface area contributed by atoms with E-state index in [1.807, 2.05) is 25.1 Å². The van der Waals surface area contributed by atoms with E-state index in [9.17, 15) is 9.59 Å². The summed E-state index contributed by atoms with van der Waals surface area (Å²) in [6.45, 7) is 4.16. The molecular formula is C18H21ClN4O3S. The molecule has 1 unspecified atom stereocenters. The van der Waals surface area contributed by atoms with Crippen molar-refractivity contribution < 1.29 is 14.3 Å². The van der Waals surface area contributed by atoms with Gasteiger partial charge in [0, 0.05) is 17.8 Å². The Morgan fingerprint density at radius 3 is 2.70 bits per heavy atom. The average molecular weight is 409 g/mol. The van der Waals surface area contributed by atoms with Crippen LogP contribution in [-0.2, 0) is 16.1 Å². The molecule has 27 heavy (non-hydrogen) atoms. The second kappa shape index (κ2) is 10.1. The minimum absolute atomic E-state index is 0.0253. The van der Waals surface area contributed by atoms with E-state index in [-0.39, 0.29) is 23.9 Å². The number of benzene rings is 1. The molecule has 7 nitrogen and oxygen atoms in total. The molecule has 0 spiro atoms. The van der Waals surface area contributed by atoms with Gasteiger partial charge in [-0.3, -0.25) is 4.79 Å². The standard InChI is InChI=1S/C18H21ClN4O3S/c1-3-14(16(24)21-9-11-7-5-6-8-13(11)19)27-18-22-10-12(15(20)23-18)17(25)26-4-2/h5-8,10,14H,3-4,9H2,1-2H3,(H,21,24)(H2,20,22,23). The zero-order valence-corrected chi connectivity index (χ0v) is 16.6. The predicted molar refractivity (Wildman–Crippen MR) is 106 cm³/mol. The topological polar surface area (TPSA) is 107 Å². The fraction of sp³-hybridized carbons (Fsp3) is 0.333. The highest BCUT2D eigenvalue weighted by molar-refractivity contribution is 8.00. The molecule has 0 saturated heterocycles. The lowest BCUT2D eigenvalue weighted by Crippen LogP contribution is -2.32. The van der Waals surface area contributed by atoms with Crippen LogP contribution in [0, 0.1) is 0 Å². The maximum Gasteiger partial charge on any atom is 0.343 e. The maximum atomic E-state index is 12.5. The minimum Gasteiger partial charge on any atom is -0.462 e. The first-order chi connectivity index (χ1) is 13.0. The number of hydrogen-bond donors (Lipinski definition) is 2. The van der Waals surface area contributed by atoms with Gasteiger partial charge in [-0.2, -0.15) is 0 Å². The van der Waals surface area contributed by atoms with Crippen LogP contribution in [0.15, 0.2) is 35.6 Å². The second-order valence-corrected chi connectivity index (χ2v) is 7.07. The first-order valence-corrected chi connectivity index (χ1v) is 9.69. The number of anilines is 1. The first-order valence-electron chi connectivity index (χ1n) is 8.43. The third kappa shape index (κ3) is 5.83. The number of hydrogen-bond acceptors (Lipinski definition) is 7. The molecule has 0 aliphatic heterocycles. The summed E-state index contributed by atoms with van der Waals surface area (Å²) in [5.74, 6) is -0.701. The molecule has 0 aliphatic carbocycles. The number of thioether (sulfide) groups is 1. The second-order valence-electron chi connectivity index (χ2n) is 5.50. The Kier molecular flexibility index (Phi) is 7.87. The quantitative estimate of drug-likeness (QED) is 0.392. The number of nitrogen functional groups attached to an aromatic ring is 1. The normalized spacial score (nSPS) is 11.7. The van der Waals surface area contributed by atoms with Crippen molar-refractivity contribution in [2.45, 2.75) is 37.2 Å². The Bertz CT molecular complexity index is 819. The number of nitrogens with zero attached hydrogens (tertiary/aromatic N) is 2. The average Bonchev–Trinajstić information content (AvgIpc) is 2.65. The van der Waals surface area contributed by atoms with E-state index in [1.165, 1.54) is 18.0 Å². The maximum absolute atomic E-state index is 12.5. The molecule has 0 radical (unpaired) electrons. The lowest BCUT2D eigenvalue weighted by atomic mass is 10.2. The molecule has 1 atom stereocenters. The van der Waals surface area contributed by atoms with E-state index in [1.54, 1.807) is 13.0 Å². The van der Waals surface area contributed by atoms with Crippen LogP contribution in [0.3, 0.4) is 0 Å². The van der Waals surface area contributed by atoms with Crippen LogP contribution in [-0.4, -0.2) is 33.7 Å². The molecule has 2 aromatic rings. The smallest absolute Gasteiger partial charge is 0.343 e. The van der Waals surface area contributed by atoms with Gasteiger partial charge in [-0.25, -0.2) is 14.8 Å². The van der Waals surface area contributed by atoms with Gasteiger partial charge in [0.15, 0.2) is 5.16 Å². The Labute approximate surface area is 167 Å². The van der Waals surface area contributed by atoms with E-state index in [0.29, 0.717) is 23.1 Å². The van der Waals surface area contributed by atoms with E-state index in [0.717, 1.165) is 5.56 Å². The number of aromatic nitrogens is 2. The van der Waals surface area contributed by atoms with Gasteiger partial charge in [-0.1, -0.05) is 48.5 Å². The fourth-order valence-corrected chi connectivity index (χ4v) is 3.27. The molecule has 1 heterocycles.